The number of amides is 5. The van der Waals surface area contributed by atoms with Crippen molar-refractivity contribution < 1.29 is 33.5 Å². The number of ether oxygens (including phenoxy) is 1. The standard InChI is InChI=1S/C43H65N5O7/c1-5-6-14-31(36(50)38(52)44-18-15-32(49)55-42(4)16-10-11-17-42)45-37(51)35-33-30(41(33,2)3)25-48(35)39(53)34(29-12-8-7-9-13-29)46-40(54)47-43-22-26-19-27(23-43)21-28(20-26)24-43/h5,26-31,33-35H,1,6-25H2,2-4H3,(H,44,52)(H,45,51)(H2,46,47,54)/t26?,27?,28?,30-,31?,33-,34-,35-,43?/m0/s1. The van der Waals surface area contributed by atoms with Gasteiger partial charge in [-0.05, 0) is 138 Å². The summed E-state index contributed by atoms with van der Waals surface area (Å²) in [6.07, 6.45) is 17.3. The summed E-state index contributed by atoms with van der Waals surface area (Å²) >= 11 is 0. The third kappa shape index (κ3) is 8.48. The Morgan fingerprint density at radius 3 is 2.13 bits per heavy atom. The van der Waals surface area contributed by atoms with Crippen LogP contribution in [0, 0.1) is 40.9 Å². The number of carbonyl (C=O) groups excluding carboxylic acids is 6. The van der Waals surface area contributed by atoms with E-state index in [-0.39, 0.29) is 60.0 Å². The second kappa shape index (κ2) is 15.8. The number of hydrogen-bond donors (Lipinski definition) is 4. The second-order valence-electron chi connectivity index (χ2n) is 19.5. The molecule has 0 radical (unpaired) electrons. The van der Waals surface area contributed by atoms with E-state index in [1.54, 1.807) is 11.0 Å². The summed E-state index contributed by atoms with van der Waals surface area (Å²) in [6, 6.07) is -3.00. The molecule has 7 saturated carbocycles. The van der Waals surface area contributed by atoms with Gasteiger partial charge < -0.3 is 30.9 Å². The summed E-state index contributed by atoms with van der Waals surface area (Å²) < 4.78 is 5.64. The van der Waals surface area contributed by atoms with Crippen molar-refractivity contribution in [3.05, 3.63) is 12.7 Å². The Kier molecular flexibility index (Phi) is 11.5. The van der Waals surface area contributed by atoms with Gasteiger partial charge >= 0.3 is 12.0 Å². The highest BCUT2D eigenvalue weighted by Gasteiger charge is 2.70. The van der Waals surface area contributed by atoms with E-state index in [1.807, 2.05) is 6.92 Å². The van der Waals surface area contributed by atoms with Gasteiger partial charge in [-0.3, -0.25) is 24.0 Å². The Morgan fingerprint density at radius 1 is 0.873 bits per heavy atom. The molecule has 0 spiro atoms. The fourth-order valence-corrected chi connectivity index (χ4v) is 12.4. The van der Waals surface area contributed by atoms with E-state index >= 15 is 0 Å². The molecule has 0 aromatic rings. The van der Waals surface area contributed by atoms with Crippen LogP contribution >= 0.6 is 0 Å². The summed E-state index contributed by atoms with van der Waals surface area (Å²) in [6.45, 7) is 10.2. The number of rotatable bonds is 15. The largest absolute Gasteiger partial charge is 0.459 e. The maximum atomic E-state index is 14.8. The number of nitrogens with one attached hydrogen (secondary N) is 4. The lowest BCUT2D eigenvalue weighted by Crippen LogP contribution is -2.64. The minimum Gasteiger partial charge on any atom is -0.459 e. The number of piperidine rings is 1. The van der Waals surface area contributed by atoms with E-state index in [9.17, 15) is 28.8 Å². The van der Waals surface area contributed by atoms with Gasteiger partial charge in [0, 0.05) is 18.6 Å². The highest BCUT2D eigenvalue weighted by molar-refractivity contribution is 6.38. The lowest BCUT2D eigenvalue weighted by Gasteiger charge is -2.56. The Bertz CT molecular complexity index is 1490. The predicted molar refractivity (Wildman–Crippen MR) is 206 cm³/mol. The zero-order valence-corrected chi connectivity index (χ0v) is 33.4. The van der Waals surface area contributed by atoms with Crippen molar-refractivity contribution >= 4 is 35.5 Å². The molecule has 304 valence electrons. The summed E-state index contributed by atoms with van der Waals surface area (Å²) in [4.78, 5) is 83.7. The molecule has 4 N–H and O–H groups in total. The average Bonchev–Trinajstić information content (AvgIpc) is 3.47. The number of Topliss-reactive ketones (excluding diaryl/α,β-unsaturated/α-hetero) is 1. The first-order valence-corrected chi connectivity index (χ1v) is 21.6. The van der Waals surface area contributed by atoms with Crippen LogP contribution in [0.2, 0.25) is 0 Å². The highest BCUT2D eigenvalue weighted by atomic mass is 16.6. The zero-order valence-electron chi connectivity index (χ0n) is 33.4. The predicted octanol–water partition coefficient (Wildman–Crippen LogP) is 5.09. The molecule has 5 atom stereocenters. The zero-order chi connectivity index (χ0) is 39.1. The quantitative estimate of drug-likeness (QED) is 0.103. The number of fused-ring (bicyclic) bond motifs is 1. The molecule has 8 fully saturated rings. The van der Waals surface area contributed by atoms with Crippen LogP contribution in [-0.4, -0.2) is 82.8 Å². The third-order valence-corrected chi connectivity index (χ3v) is 15.0. The molecule has 0 aromatic carbocycles. The molecule has 1 heterocycles. The maximum absolute atomic E-state index is 14.8. The van der Waals surface area contributed by atoms with Crippen LogP contribution in [-0.2, 0) is 28.7 Å². The SMILES string of the molecule is C=CCCC(NC(=O)[C@@H]1[C@@H]2[C@H](CN1C(=O)[C@@H](NC(=O)NC13CC4CC(CC(C4)C1)C3)C1CCCCC1)C2(C)C)C(=O)C(=O)NCCC(=O)OC1(C)CCCC1. The van der Waals surface area contributed by atoms with Crippen molar-refractivity contribution in [3.8, 4) is 0 Å². The average molecular weight is 764 g/mol. The van der Waals surface area contributed by atoms with Crippen molar-refractivity contribution in [1.82, 2.24) is 26.2 Å². The normalized spacial score (nSPS) is 33.5. The highest BCUT2D eigenvalue weighted by Crippen LogP contribution is 2.65. The van der Waals surface area contributed by atoms with Crippen molar-refractivity contribution in [2.45, 2.75) is 166 Å². The van der Waals surface area contributed by atoms with Crippen LogP contribution in [0.25, 0.3) is 0 Å². The number of likely N-dealkylation sites (tertiary alicyclic amines) is 1. The van der Waals surface area contributed by atoms with Gasteiger partial charge in [0.25, 0.3) is 5.91 Å². The fourth-order valence-electron chi connectivity index (χ4n) is 12.4. The van der Waals surface area contributed by atoms with Gasteiger partial charge in [0.1, 0.15) is 17.7 Å². The number of ketones is 1. The van der Waals surface area contributed by atoms with E-state index in [1.165, 1.54) is 19.3 Å². The molecule has 0 aromatic heterocycles. The molecule has 8 aliphatic rings. The molecular weight excluding hydrogens is 699 g/mol. The van der Waals surface area contributed by atoms with Crippen LogP contribution in [0.1, 0.15) is 136 Å². The first-order valence-electron chi connectivity index (χ1n) is 21.6. The van der Waals surface area contributed by atoms with Crippen LogP contribution in [0.4, 0.5) is 4.79 Å². The lowest BCUT2D eigenvalue weighted by molar-refractivity contribution is -0.157. The first-order chi connectivity index (χ1) is 26.2. The van der Waals surface area contributed by atoms with Crippen molar-refractivity contribution in [1.29, 1.82) is 0 Å². The molecule has 12 nitrogen and oxygen atoms in total. The van der Waals surface area contributed by atoms with Gasteiger partial charge in [-0.2, -0.15) is 0 Å². The molecule has 1 aliphatic heterocycles. The maximum Gasteiger partial charge on any atom is 0.315 e. The van der Waals surface area contributed by atoms with Crippen LogP contribution < -0.4 is 21.3 Å². The lowest BCUT2D eigenvalue weighted by atomic mass is 9.53. The van der Waals surface area contributed by atoms with E-state index in [4.69, 9.17) is 4.74 Å². The molecule has 12 heteroatoms. The van der Waals surface area contributed by atoms with Crippen LogP contribution in [0.5, 0.6) is 0 Å². The number of esters is 1. The van der Waals surface area contributed by atoms with Crippen molar-refractivity contribution in [2.75, 3.05) is 13.1 Å². The second-order valence-corrected chi connectivity index (χ2v) is 19.5. The Labute approximate surface area is 326 Å². The number of urea groups is 1. The van der Waals surface area contributed by atoms with Gasteiger partial charge in [-0.15, -0.1) is 6.58 Å². The van der Waals surface area contributed by atoms with E-state index in [0.29, 0.717) is 30.7 Å². The monoisotopic (exact) mass is 763 g/mol. The topological polar surface area (TPSA) is 163 Å². The summed E-state index contributed by atoms with van der Waals surface area (Å²) in [5.74, 6) is -0.834. The van der Waals surface area contributed by atoms with Crippen molar-refractivity contribution in [2.24, 2.45) is 40.9 Å². The number of nitrogens with zero attached hydrogens (tertiary/aromatic N) is 1. The Balaban J connectivity index is 1.01. The molecule has 5 amide bonds. The molecule has 4 bridgehead atoms. The van der Waals surface area contributed by atoms with Crippen LogP contribution in [0.3, 0.4) is 0 Å². The number of carbonyl (C=O) groups is 6. The summed E-state index contributed by atoms with van der Waals surface area (Å²) in [7, 11) is 0. The molecule has 55 heavy (non-hydrogen) atoms. The van der Waals surface area contributed by atoms with Gasteiger partial charge in [0.15, 0.2) is 0 Å². The molecule has 7 aliphatic carbocycles. The van der Waals surface area contributed by atoms with E-state index < -0.39 is 47.3 Å². The van der Waals surface area contributed by atoms with Crippen LogP contribution in [0.15, 0.2) is 12.7 Å². The summed E-state index contributed by atoms with van der Waals surface area (Å²) in [5.41, 5.74) is -0.851. The van der Waals surface area contributed by atoms with Gasteiger partial charge in [-0.25, -0.2) is 4.79 Å². The molecule has 1 unspecified atom stereocenters. The van der Waals surface area contributed by atoms with Gasteiger partial charge in [0.2, 0.25) is 17.6 Å². The minimum atomic E-state index is -1.13. The number of allylic oxidation sites excluding steroid dienone is 1. The smallest absolute Gasteiger partial charge is 0.315 e. The van der Waals surface area contributed by atoms with Gasteiger partial charge in [0.05, 0.1) is 12.5 Å². The molecular formula is C43H65N5O7. The Morgan fingerprint density at radius 2 is 1.51 bits per heavy atom. The van der Waals surface area contributed by atoms with Crippen molar-refractivity contribution in [3.63, 3.8) is 0 Å². The third-order valence-electron chi connectivity index (χ3n) is 15.0. The first kappa shape index (κ1) is 39.8. The summed E-state index contributed by atoms with van der Waals surface area (Å²) in [5, 5.41) is 12.0. The molecule has 1 saturated heterocycles. The number of hydrogen-bond acceptors (Lipinski definition) is 7. The Hall–Kier alpha value is -3.44. The van der Waals surface area contributed by atoms with E-state index in [0.717, 1.165) is 77.0 Å². The minimum absolute atomic E-state index is 0.0269. The van der Waals surface area contributed by atoms with E-state index in [2.05, 4.69) is 41.7 Å². The fraction of sp³-hybridized carbons (Fsp3) is 0.814. The van der Waals surface area contributed by atoms with Gasteiger partial charge in [-0.1, -0.05) is 39.2 Å². The molecule has 8 rings (SSSR count).